The number of aryl methyl sites for hydroxylation is 1. The summed E-state index contributed by atoms with van der Waals surface area (Å²) >= 11 is 1.55. The number of hydrogen-bond donors (Lipinski definition) is 3. The highest BCUT2D eigenvalue weighted by atomic mass is 32.1. The maximum Gasteiger partial charge on any atom is 0.222 e. The molecular weight excluding hydrogens is 398 g/mol. The van der Waals surface area contributed by atoms with Crippen molar-refractivity contribution in [2.24, 2.45) is 0 Å². The van der Waals surface area contributed by atoms with Crippen molar-refractivity contribution in [3.8, 4) is 17.1 Å². The molecule has 30 heavy (non-hydrogen) atoms. The van der Waals surface area contributed by atoms with Crippen LogP contribution in [0.1, 0.15) is 43.4 Å². The Balaban J connectivity index is 2.10. The van der Waals surface area contributed by atoms with Gasteiger partial charge in [0.05, 0.1) is 41.5 Å². The fraction of sp³-hybridized carbons (Fsp3) is 0.381. The summed E-state index contributed by atoms with van der Waals surface area (Å²) in [7, 11) is 0. The highest BCUT2D eigenvalue weighted by Crippen LogP contribution is 2.34. The van der Waals surface area contributed by atoms with Crippen molar-refractivity contribution in [2.45, 2.75) is 47.2 Å². The van der Waals surface area contributed by atoms with Crippen LogP contribution in [-0.4, -0.2) is 38.5 Å². The Morgan fingerprint density at radius 1 is 1.30 bits per heavy atom. The van der Waals surface area contributed by atoms with Gasteiger partial charge in [0, 0.05) is 12.2 Å². The Morgan fingerprint density at radius 2 is 2.10 bits per heavy atom. The standard InChI is InChI=1S/C21H27N7OS/c1-6-29-21-15(8-7-9-23-21)16-10-17(24-11-18-28-27-14(5)30-18)20(25-12(2)3)19(26-16)13(4)22/h7-10,12,22,25H,6,11H2,1-5H3,(H,24,26). The number of nitrogens with zero attached hydrogens (tertiary/aromatic N) is 4. The van der Waals surface area contributed by atoms with Crippen LogP contribution in [0.3, 0.4) is 0 Å². The monoisotopic (exact) mass is 425 g/mol. The van der Waals surface area contributed by atoms with Crippen LogP contribution < -0.4 is 15.4 Å². The second-order valence-corrected chi connectivity index (χ2v) is 8.33. The number of anilines is 2. The van der Waals surface area contributed by atoms with Crippen LogP contribution in [0.25, 0.3) is 11.3 Å². The number of nitrogens with one attached hydrogen (secondary N) is 3. The second-order valence-electron chi connectivity index (χ2n) is 7.06. The lowest BCUT2D eigenvalue weighted by molar-refractivity contribution is 0.328. The third kappa shape index (κ3) is 5.10. The molecule has 0 bridgehead atoms. The molecule has 0 unspecified atom stereocenters. The molecule has 3 heterocycles. The van der Waals surface area contributed by atoms with Crippen LogP contribution in [0.2, 0.25) is 0 Å². The van der Waals surface area contributed by atoms with E-state index in [2.05, 4.69) is 39.7 Å². The molecule has 0 aliphatic carbocycles. The van der Waals surface area contributed by atoms with Crippen LogP contribution in [0.15, 0.2) is 24.4 Å². The molecule has 3 aromatic heterocycles. The molecule has 3 N–H and O–H groups in total. The van der Waals surface area contributed by atoms with E-state index in [-0.39, 0.29) is 6.04 Å². The first-order valence-electron chi connectivity index (χ1n) is 9.87. The summed E-state index contributed by atoms with van der Waals surface area (Å²) in [5.74, 6) is 0.524. The fourth-order valence-electron chi connectivity index (χ4n) is 2.95. The van der Waals surface area contributed by atoms with Crippen LogP contribution in [0, 0.1) is 12.3 Å². The van der Waals surface area contributed by atoms with Gasteiger partial charge in [-0.3, -0.25) is 0 Å². The first-order valence-corrected chi connectivity index (χ1v) is 10.7. The number of pyridine rings is 2. The van der Waals surface area contributed by atoms with E-state index in [1.807, 2.05) is 32.0 Å². The molecule has 0 aromatic carbocycles. The molecule has 3 aromatic rings. The summed E-state index contributed by atoms with van der Waals surface area (Å²) in [5, 5.41) is 25.3. The molecule has 158 valence electrons. The van der Waals surface area contributed by atoms with E-state index >= 15 is 0 Å². The number of rotatable bonds is 9. The molecule has 8 nitrogen and oxygen atoms in total. The van der Waals surface area contributed by atoms with Gasteiger partial charge in [0.25, 0.3) is 0 Å². The Bertz CT molecular complexity index is 1030. The van der Waals surface area contributed by atoms with Crippen molar-refractivity contribution in [3.05, 3.63) is 40.1 Å². The predicted molar refractivity (Wildman–Crippen MR) is 122 cm³/mol. The second kappa shape index (κ2) is 9.62. The van der Waals surface area contributed by atoms with Crippen molar-refractivity contribution in [1.82, 2.24) is 20.2 Å². The lowest BCUT2D eigenvalue weighted by Gasteiger charge is -2.20. The highest BCUT2D eigenvalue weighted by Gasteiger charge is 2.19. The van der Waals surface area contributed by atoms with Crippen molar-refractivity contribution >= 4 is 28.4 Å². The minimum atomic E-state index is 0.178. The van der Waals surface area contributed by atoms with Gasteiger partial charge in [0.15, 0.2) is 0 Å². The quantitative estimate of drug-likeness (QED) is 0.432. The van der Waals surface area contributed by atoms with E-state index < -0.39 is 0 Å². The Kier molecular flexibility index (Phi) is 6.94. The third-order valence-electron chi connectivity index (χ3n) is 4.13. The van der Waals surface area contributed by atoms with Gasteiger partial charge in [0.1, 0.15) is 15.7 Å². The van der Waals surface area contributed by atoms with Crippen molar-refractivity contribution < 1.29 is 4.74 Å². The lowest BCUT2D eigenvalue weighted by Crippen LogP contribution is -2.17. The molecule has 0 aliphatic rings. The molecule has 0 saturated carbocycles. The van der Waals surface area contributed by atoms with E-state index in [9.17, 15) is 0 Å². The van der Waals surface area contributed by atoms with Crippen molar-refractivity contribution in [2.75, 3.05) is 17.2 Å². The van der Waals surface area contributed by atoms with Crippen molar-refractivity contribution in [3.63, 3.8) is 0 Å². The largest absolute Gasteiger partial charge is 0.477 e. The average molecular weight is 426 g/mol. The number of ether oxygens (including phenoxy) is 1. The van der Waals surface area contributed by atoms with Gasteiger partial charge in [0.2, 0.25) is 5.88 Å². The van der Waals surface area contributed by atoms with Crippen LogP contribution in [0.5, 0.6) is 5.88 Å². The summed E-state index contributed by atoms with van der Waals surface area (Å²) in [4.78, 5) is 9.13. The molecule has 0 saturated heterocycles. The molecule has 0 spiro atoms. The maximum atomic E-state index is 8.31. The summed E-state index contributed by atoms with van der Waals surface area (Å²) < 4.78 is 5.70. The van der Waals surface area contributed by atoms with Gasteiger partial charge in [-0.15, -0.1) is 10.2 Å². The number of hydrogen-bond acceptors (Lipinski definition) is 9. The number of aromatic nitrogens is 4. The normalized spacial score (nSPS) is 10.9. The summed E-state index contributed by atoms with van der Waals surface area (Å²) in [6.07, 6.45) is 1.70. The summed E-state index contributed by atoms with van der Waals surface area (Å²) in [5.41, 5.74) is 4.07. The predicted octanol–water partition coefficient (Wildman–Crippen LogP) is 4.52. The fourth-order valence-corrected chi connectivity index (χ4v) is 3.59. The molecule has 3 rings (SSSR count). The zero-order chi connectivity index (χ0) is 21.7. The van der Waals surface area contributed by atoms with Crippen LogP contribution >= 0.6 is 11.3 Å². The smallest absolute Gasteiger partial charge is 0.222 e. The topological polar surface area (TPSA) is 109 Å². The zero-order valence-corrected chi connectivity index (χ0v) is 18.7. The molecular formula is C21H27N7OS. The summed E-state index contributed by atoms with van der Waals surface area (Å²) in [6.45, 7) is 10.8. The molecule has 0 atom stereocenters. The average Bonchev–Trinajstić information content (AvgIpc) is 3.12. The highest BCUT2D eigenvalue weighted by molar-refractivity contribution is 7.11. The van der Waals surface area contributed by atoms with E-state index in [1.54, 1.807) is 24.5 Å². The third-order valence-corrected chi connectivity index (χ3v) is 4.97. The van der Waals surface area contributed by atoms with E-state index in [4.69, 9.17) is 15.1 Å². The van der Waals surface area contributed by atoms with E-state index in [0.717, 1.165) is 27.0 Å². The van der Waals surface area contributed by atoms with Crippen molar-refractivity contribution in [1.29, 1.82) is 5.41 Å². The molecule has 0 amide bonds. The summed E-state index contributed by atoms with van der Waals surface area (Å²) in [6, 6.07) is 5.92. The Morgan fingerprint density at radius 3 is 2.73 bits per heavy atom. The molecule has 0 radical (unpaired) electrons. The van der Waals surface area contributed by atoms with Gasteiger partial charge in [-0.2, -0.15) is 0 Å². The Hall–Kier alpha value is -3.07. The van der Waals surface area contributed by atoms with Gasteiger partial charge in [-0.25, -0.2) is 9.97 Å². The van der Waals surface area contributed by atoms with E-state index in [0.29, 0.717) is 36.1 Å². The minimum Gasteiger partial charge on any atom is -0.477 e. The van der Waals surface area contributed by atoms with Crippen LogP contribution in [-0.2, 0) is 6.54 Å². The maximum absolute atomic E-state index is 8.31. The van der Waals surface area contributed by atoms with E-state index in [1.165, 1.54) is 0 Å². The minimum absolute atomic E-state index is 0.178. The molecule has 9 heteroatoms. The van der Waals surface area contributed by atoms with Gasteiger partial charge in [-0.1, -0.05) is 11.3 Å². The van der Waals surface area contributed by atoms with Gasteiger partial charge < -0.3 is 20.8 Å². The molecule has 0 fully saturated rings. The first kappa shape index (κ1) is 21.6. The molecule has 0 aliphatic heterocycles. The lowest BCUT2D eigenvalue weighted by atomic mass is 10.1. The first-order chi connectivity index (χ1) is 14.4. The Labute approximate surface area is 180 Å². The zero-order valence-electron chi connectivity index (χ0n) is 17.9. The van der Waals surface area contributed by atoms with Gasteiger partial charge >= 0.3 is 0 Å². The van der Waals surface area contributed by atoms with Gasteiger partial charge in [-0.05, 0) is 52.8 Å². The SMILES string of the molecule is CCOc1ncccc1-c1cc(NCc2nnc(C)s2)c(NC(C)C)c(C(C)=N)n1. The van der Waals surface area contributed by atoms with Crippen LogP contribution in [0.4, 0.5) is 11.4 Å².